The molecule has 0 aromatic heterocycles. The van der Waals surface area contributed by atoms with Crippen molar-refractivity contribution in [3.63, 3.8) is 0 Å². The van der Waals surface area contributed by atoms with Crippen molar-refractivity contribution in [2.45, 2.75) is 31.8 Å². The second-order valence-electron chi connectivity index (χ2n) is 5.42. The molecule has 1 aliphatic rings. The smallest absolute Gasteiger partial charge is 0.240 e. The molecule has 4 nitrogen and oxygen atoms in total. The molecule has 0 saturated carbocycles. The predicted octanol–water partition coefficient (Wildman–Crippen LogP) is 2.22. The van der Waals surface area contributed by atoms with E-state index in [4.69, 9.17) is 10.5 Å². The van der Waals surface area contributed by atoms with Gasteiger partial charge in [-0.15, -0.1) is 0 Å². The van der Waals surface area contributed by atoms with E-state index < -0.39 is 5.54 Å². The van der Waals surface area contributed by atoms with E-state index in [1.807, 2.05) is 6.07 Å². The maximum Gasteiger partial charge on any atom is 0.240 e. The molecule has 1 heterocycles. The number of benzene rings is 1. The molecular formula is C15H21BrN2O2. The van der Waals surface area contributed by atoms with E-state index in [0.29, 0.717) is 6.61 Å². The molecule has 2 rings (SSSR count). The van der Waals surface area contributed by atoms with E-state index in [0.717, 1.165) is 30.4 Å². The maximum atomic E-state index is 11.9. The number of amides is 1. The van der Waals surface area contributed by atoms with Gasteiger partial charge >= 0.3 is 0 Å². The minimum Gasteiger partial charge on any atom is -0.382 e. The lowest BCUT2D eigenvalue weighted by atomic mass is 9.95. The average molecular weight is 341 g/mol. The number of likely N-dealkylation sites (tertiary alicyclic amines) is 1. The number of aryl methyl sites for hydroxylation is 1. The Bertz CT molecular complexity index is 507. The van der Waals surface area contributed by atoms with Crippen LogP contribution in [-0.2, 0) is 16.1 Å². The van der Waals surface area contributed by atoms with Gasteiger partial charge in [0.2, 0.25) is 5.91 Å². The molecule has 5 heteroatoms. The van der Waals surface area contributed by atoms with Gasteiger partial charge in [0.05, 0.1) is 6.61 Å². The average Bonchev–Trinajstić information content (AvgIpc) is 2.77. The van der Waals surface area contributed by atoms with Gasteiger partial charge in [-0.2, -0.15) is 0 Å². The summed E-state index contributed by atoms with van der Waals surface area (Å²) >= 11 is 3.47. The normalized spacial score (nSPS) is 23.1. The fourth-order valence-corrected chi connectivity index (χ4v) is 3.44. The number of carbonyl (C=O) groups excluding carboxylic acids is 1. The van der Waals surface area contributed by atoms with Crippen LogP contribution in [-0.4, -0.2) is 36.6 Å². The van der Waals surface area contributed by atoms with Gasteiger partial charge in [0.25, 0.3) is 0 Å². The van der Waals surface area contributed by atoms with Gasteiger partial charge in [0, 0.05) is 18.1 Å². The van der Waals surface area contributed by atoms with Crippen LogP contribution >= 0.6 is 15.9 Å². The lowest BCUT2D eigenvalue weighted by molar-refractivity contribution is -0.132. The Kier molecular flexibility index (Phi) is 4.83. The zero-order valence-corrected chi connectivity index (χ0v) is 13.6. The summed E-state index contributed by atoms with van der Waals surface area (Å²) in [6.45, 7) is 4.05. The zero-order chi connectivity index (χ0) is 14.8. The number of primary amides is 1. The number of ether oxygens (including phenoxy) is 1. The second kappa shape index (κ2) is 6.24. The van der Waals surface area contributed by atoms with Gasteiger partial charge in [-0.05, 0) is 49.6 Å². The molecule has 1 unspecified atom stereocenters. The second-order valence-corrected chi connectivity index (χ2v) is 6.34. The van der Waals surface area contributed by atoms with Crippen LogP contribution in [0.15, 0.2) is 22.7 Å². The van der Waals surface area contributed by atoms with Crippen LogP contribution in [0.4, 0.5) is 0 Å². The molecule has 0 spiro atoms. The third-order valence-electron chi connectivity index (χ3n) is 4.13. The summed E-state index contributed by atoms with van der Waals surface area (Å²) in [4.78, 5) is 14.1. The topological polar surface area (TPSA) is 55.6 Å². The first-order chi connectivity index (χ1) is 9.49. The lowest BCUT2D eigenvalue weighted by Crippen LogP contribution is -2.56. The van der Waals surface area contributed by atoms with Crippen LogP contribution in [0.1, 0.15) is 24.0 Å². The van der Waals surface area contributed by atoms with Crippen LogP contribution in [0.5, 0.6) is 0 Å². The standard InChI is InChI=1S/C15H21BrN2O2/c1-11-8-13(16)5-4-12(11)9-18-7-3-6-15(18,10-20-2)14(17)19/h4-5,8H,3,6-7,9-10H2,1-2H3,(H2,17,19). The molecule has 1 saturated heterocycles. The van der Waals surface area contributed by atoms with Crippen LogP contribution in [0.3, 0.4) is 0 Å². The maximum absolute atomic E-state index is 11.9. The largest absolute Gasteiger partial charge is 0.382 e. The minimum atomic E-state index is -0.658. The monoisotopic (exact) mass is 340 g/mol. The van der Waals surface area contributed by atoms with Gasteiger partial charge < -0.3 is 10.5 Å². The Labute approximate surface area is 128 Å². The van der Waals surface area contributed by atoms with Gasteiger partial charge in [-0.1, -0.05) is 22.0 Å². The van der Waals surface area contributed by atoms with Crippen molar-refractivity contribution in [3.05, 3.63) is 33.8 Å². The summed E-state index contributed by atoms with van der Waals surface area (Å²) in [5.41, 5.74) is 7.43. The highest BCUT2D eigenvalue weighted by Gasteiger charge is 2.46. The molecule has 1 aliphatic heterocycles. The summed E-state index contributed by atoms with van der Waals surface area (Å²) in [7, 11) is 1.62. The Hall–Kier alpha value is -0.910. The minimum absolute atomic E-state index is 0.286. The van der Waals surface area contributed by atoms with Crippen LogP contribution in [0.25, 0.3) is 0 Å². The van der Waals surface area contributed by atoms with Crippen LogP contribution < -0.4 is 5.73 Å². The first kappa shape index (κ1) is 15.5. The number of nitrogens with two attached hydrogens (primary N) is 1. The highest BCUT2D eigenvalue weighted by molar-refractivity contribution is 9.10. The van der Waals surface area contributed by atoms with E-state index in [9.17, 15) is 4.79 Å². The van der Waals surface area contributed by atoms with Crippen molar-refractivity contribution >= 4 is 21.8 Å². The molecule has 2 N–H and O–H groups in total. The number of methoxy groups -OCH3 is 1. The third-order valence-corrected chi connectivity index (χ3v) is 4.62. The molecule has 1 aromatic rings. The van der Waals surface area contributed by atoms with Gasteiger partial charge in [-0.25, -0.2) is 0 Å². The van der Waals surface area contributed by atoms with Gasteiger partial charge in [0.1, 0.15) is 5.54 Å². The summed E-state index contributed by atoms with van der Waals surface area (Å²) in [6, 6.07) is 6.21. The summed E-state index contributed by atoms with van der Waals surface area (Å²) in [5.74, 6) is -0.286. The van der Waals surface area contributed by atoms with E-state index in [1.165, 1.54) is 11.1 Å². The zero-order valence-electron chi connectivity index (χ0n) is 12.0. The summed E-state index contributed by atoms with van der Waals surface area (Å²) in [5, 5.41) is 0. The molecule has 0 radical (unpaired) electrons. The number of nitrogens with zero attached hydrogens (tertiary/aromatic N) is 1. The number of halogens is 1. The van der Waals surface area contributed by atoms with Crippen LogP contribution in [0.2, 0.25) is 0 Å². The van der Waals surface area contributed by atoms with Crippen molar-refractivity contribution in [3.8, 4) is 0 Å². The Morgan fingerprint density at radius 1 is 1.55 bits per heavy atom. The Morgan fingerprint density at radius 3 is 2.90 bits per heavy atom. The molecule has 20 heavy (non-hydrogen) atoms. The van der Waals surface area contributed by atoms with Crippen molar-refractivity contribution in [2.75, 3.05) is 20.3 Å². The molecule has 1 fully saturated rings. The van der Waals surface area contributed by atoms with Crippen molar-refractivity contribution < 1.29 is 9.53 Å². The number of carbonyl (C=O) groups is 1. The fraction of sp³-hybridized carbons (Fsp3) is 0.533. The molecule has 1 atom stereocenters. The van der Waals surface area contributed by atoms with Crippen molar-refractivity contribution in [2.24, 2.45) is 5.73 Å². The van der Waals surface area contributed by atoms with E-state index in [1.54, 1.807) is 7.11 Å². The first-order valence-electron chi connectivity index (χ1n) is 6.78. The summed E-state index contributed by atoms with van der Waals surface area (Å²) < 4.78 is 6.33. The molecule has 1 aromatic carbocycles. The summed E-state index contributed by atoms with van der Waals surface area (Å²) in [6.07, 6.45) is 1.74. The number of hydrogen-bond acceptors (Lipinski definition) is 3. The Balaban J connectivity index is 2.24. The van der Waals surface area contributed by atoms with Crippen molar-refractivity contribution in [1.82, 2.24) is 4.90 Å². The van der Waals surface area contributed by atoms with E-state index in [-0.39, 0.29) is 5.91 Å². The molecule has 110 valence electrons. The number of rotatable bonds is 5. The fourth-order valence-electron chi connectivity index (χ4n) is 2.96. The van der Waals surface area contributed by atoms with Gasteiger partial charge in [0.15, 0.2) is 0 Å². The molecule has 0 bridgehead atoms. The highest BCUT2D eigenvalue weighted by atomic mass is 79.9. The molecular weight excluding hydrogens is 320 g/mol. The molecule has 1 amide bonds. The lowest BCUT2D eigenvalue weighted by Gasteiger charge is -2.35. The van der Waals surface area contributed by atoms with E-state index >= 15 is 0 Å². The Morgan fingerprint density at radius 2 is 2.30 bits per heavy atom. The van der Waals surface area contributed by atoms with Crippen LogP contribution in [0, 0.1) is 6.92 Å². The molecule has 0 aliphatic carbocycles. The quantitative estimate of drug-likeness (QED) is 0.894. The van der Waals surface area contributed by atoms with E-state index in [2.05, 4.69) is 39.9 Å². The predicted molar refractivity (Wildman–Crippen MR) is 82.3 cm³/mol. The first-order valence-corrected chi connectivity index (χ1v) is 7.58. The SMILES string of the molecule is COCC1(C(N)=O)CCCN1Cc1ccc(Br)cc1C. The third kappa shape index (κ3) is 2.90. The van der Waals surface area contributed by atoms with Crippen molar-refractivity contribution in [1.29, 1.82) is 0 Å². The number of hydrogen-bond donors (Lipinski definition) is 1. The van der Waals surface area contributed by atoms with Gasteiger partial charge in [-0.3, -0.25) is 9.69 Å². The highest BCUT2D eigenvalue weighted by Crippen LogP contribution is 2.32.